The molecule has 1 saturated heterocycles. The molecule has 0 aromatic rings. The van der Waals surface area contributed by atoms with Crippen LogP contribution in [0.1, 0.15) is 188 Å². The van der Waals surface area contributed by atoms with Crippen LogP contribution in [0.25, 0.3) is 0 Å². The smallest absolute Gasteiger partial charge is 0.335 e. The quantitative estimate of drug-likeness (QED) is 0.0228. The van der Waals surface area contributed by atoms with Crippen LogP contribution in [0.2, 0.25) is 0 Å². The van der Waals surface area contributed by atoms with Gasteiger partial charge >= 0.3 is 23.9 Å². The molecule has 12 heteroatoms. The number of carboxylic acid groups (broad SMARTS) is 1. The van der Waals surface area contributed by atoms with Gasteiger partial charge in [-0.25, -0.2) is 4.79 Å². The Hall–Kier alpha value is -6.18. The third-order valence-electron chi connectivity index (χ3n) is 12.5. The number of hydrogen-bond donors (Lipinski definition) is 3. The van der Waals surface area contributed by atoms with E-state index in [4.69, 9.17) is 23.7 Å². The summed E-state index contributed by atoms with van der Waals surface area (Å²) in [7, 11) is 0. The molecule has 1 fully saturated rings. The van der Waals surface area contributed by atoms with Crippen LogP contribution in [0, 0.1) is 0 Å². The minimum Gasteiger partial charge on any atom is -0.479 e. The minimum absolute atomic E-state index is 0.0148. The third kappa shape index (κ3) is 46.0. The van der Waals surface area contributed by atoms with Crippen molar-refractivity contribution in [3.63, 3.8) is 0 Å². The van der Waals surface area contributed by atoms with Gasteiger partial charge in [0.1, 0.15) is 18.8 Å². The molecule has 0 radical (unpaired) electrons. The molecule has 0 spiro atoms. The van der Waals surface area contributed by atoms with Crippen molar-refractivity contribution in [2.45, 2.75) is 225 Å². The van der Waals surface area contributed by atoms with Crippen molar-refractivity contribution in [1.29, 1.82) is 0 Å². The molecule has 6 atom stereocenters. The highest BCUT2D eigenvalue weighted by molar-refractivity contribution is 5.74. The Balaban J connectivity index is 2.79. The molecule has 1 aliphatic heterocycles. The van der Waals surface area contributed by atoms with Gasteiger partial charge < -0.3 is 39.0 Å². The number of unbranched alkanes of at least 4 members (excludes halogenated alkanes) is 6. The van der Waals surface area contributed by atoms with Gasteiger partial charge in [0.25, 0.3) is 0 Å². The fraction of sp³-hybridized carbons (Fsp3) is 0.521. The van der Waals surface area contributed by atoms with Crippen molar-refractivity contribution >= 4 is 23.9 Å². The third-order valence-corrected chi connectivity index (χ3v) is 12.5. The van der Waals surface area contributed by atoms with E-state index in [-0.39, 0.29) is 19.3 Å². The summed E-state index contributed by atoms with van der Waals surface area (Å²) in [6.07, 6.45) is 73.2. The number of carbonyl (C=O) groups excluding carboxylic acids is 3. The van der Waals surface area contributed by atoms with Gasteiger partial charge in [-0.3, -0.25) is 14.4 Å². The van der Waals surface area contributed by atoms with Crippen LogP contribution in [0.15, 0.2) is 182 Å². The molecule has 0 aromatic carbocycles. The van der Waals surface area contributed by atoms with E-state index in [1.54, 1.807) is 6.08 Å². The molecule has 6 unspecified atom stereocenters. The SMILES string of the molecule is CC/C=C\C/C=C\C/C=C\C/C=C\C/C=C\C/C=C\CCC(=O)OCC(COC1OC(C(=O)O)C(O)C(O)C1OC(=O)CCCCCCCC/C=C\C/C=C\C/C=C\C/C=C\CC)OC(=O)C/C=C\C/C=C\C/C=C\C/C=C\C/C=C\CC. The van der Waals surface area contributed by atoms with E-state index in [0.29, 0.717) is 25.7 Å². The molecule has 0 aromatic heterocycles. The lowest BCUT2D eigenvalue weighted by atomic mass is 9.98. The van der Waals surface area contributed by atoms with Crippen molar-refractivity contribution in [2.24, 2.45) is 0 Å². The van der Waals surface area contributed by atoms with Crippen LogP contribution in [0.5, 0.6) is 0 Å². The van der Waals surface area contributed by atoms with E-state index < -0.39 is 73.9 Å². The first kappa shape index (κ1) is 74.8. The Morgan fingerprint density at radius 1 is 0.410 bits per heavy atom. The number of hydrogen-bond acceptors (Lipinski definition) is 11. The maximum absolute atomic E-state index is 13.1. The van der Waals surface area contributed by atoms with Crippen molar-refractivity contribution in [3.8, 4) is 0 Å². The van der Waals surface area contributed by atoms with E-state index in [1.807, 2.05) is 30.4 Å². The van der Waals surface area contributed by atoms with E-state index in [2.05, 4.69) is 167 Å². The standard InChI is InChI=1S/C71H104O12/c1-4-7-10-13-16-19-22-25-28-30-32-34-37-39-42-45-48-51-54-57-63(72)79-60-62(81-64(73)58-55-52-49-46-43-40-36-27-24-21-18-15-12-9-6-3)61-80-71-69(67(76)66(75)68(83-71)70(77)78)82-65(74)59-56-53-50-47-44-41-38-35-33-31-29-26-23-20-17-14-11-8-5-2/h7-12,16-21,25-29,32-36,39,42-43,46,48,51-52,55,62,66-69,71,75-76H,4-6,13-15,22-24,30-31,37-38,40-41,44-45,47,49-50,53-54,56-61H2,1-3H3,(H,77,78)/b10-7-,11-8-,12-9-,19-16-,20-17-,21-18-,28-25-,29-26-,34-32-,35-33-,36-27-,42-39-,46-43-,51-48-,55-52-. The van der Waals surface area contributed by atoms with Crippen molar-refractivity contribution in [3.05, 3.63) is 182 Å². The molecule has 3 N–H and O–H groups in total. The topological polar surface area (TPSA) is 175 Å². The second-order valence-corrected chi connectivity index (χ2v) is 19.9. The highest BCUT2D eigenvalue weighted by atomic mass is 16.7. The molecule has 83 heavy (non-hydrogen) atoms. The van der Waals surface area contributed by atoms with Crippen LogP contribution in [-0.4, -0.2) is 89.2 Å². The predicted octanol–water partition coefficient (Wildman–Crippen LogP) is 16.4. The number of aliphatic carboxylic acids is 1. The molecule has 460 valence electrons. The first-order chi connectivity index (χ1) is 40.6. The Morgan fingerprint density at radius 2 is 0.783 bits per heavy atom. The largest absolute Gasteiger partial charge is 0.479 e. The number of esters is 3. The van der Waals surface area contributed by atoms with Crippen LogP contribution >= 0.6 is 0 Å². The van der Waals surface area contributed by atoms with Gasteiger partial charge in [-0.2, -0.15) is 0 Å². The van der Waals surface area contributed by atoms with Crippen molar-refractivity contribution in [2.75, 3.05) is 13.2 Å². The number of rotatable bonds is 49. The van der Waals surface area contributed by atoms with Gasteiger partial charge in [-0.15, -0.1) is 0 Å². The van der Waals surface area contributed by atoms with Gasteiger partial charge in [0.05, 0.1) is 13.0 Å². The zero-order chi connectivity index (χ0) is 60.3. The van der Waals surface area contributed by atoms with Crippen molar-refractivity contribution in [1.82, 2.24) is 0 Å². The van der Waals surface area contributed by atoms with E-state index >= 15 is 0 Å². The van der Waals surface area contributed by atoms with E-state index in [9.17, 15) is 34.5 Å². The second-order valence-electron chi connectivity index (χ2n) is 19.9. The zero-order valence-corrected chi connectivity index (χ0v) is 50.6. The molecule has 1 aliphatic rings. The summed E-state index contributed by atoms with van der Waals surface area (Å²) in [5.41, 5.74) is 0. The van der Waals surface area contributed by atoms with Gasteiger partial charge in [-0.05, 0) is 122 Å². The zero-order valence-electron chi connectivity index (χ0n) is 50.6. The lowest BCUT2D eigenvalue weighted by Gasteiger charge is -2.40. The normalized spacial score (nSPS) is 18.9. The number of carbonyl (C=O) groups is 4. The maximum Gasteiger partial charge on any atom is 0.335 e. The Morgan fingerprint density at radius 3 is 1.20 bits per heavy atom. The molecular formula is C71H104O12. The fourth-order valence-electron chi connectivity index (χ4n) is 7.93. The Bertz CT molecular complexity index is 2140. The summed E-state index contributed by atoms with van der Waals surface area (Å²) >= 11 is 0. The average Bonchev–Trinajstić information content (AvgIpc) is 3.57. The first-order valence-electron chi connectivity index (χ1n) is 30.8. The molecule has 1 heterocycles. The summed E-state index contributed by atoms with van der Waals surface area (Å²) < 4.78 is 28.2. The van der Waals surface area contributed by atoms with Crippen LogP contribution < -0.4 is 0 Å². The van der Waals surface area contributed by atoms with Gasteiger partial charge in [0.2, 0.25) is 0 Å². The van der Waals surface area contributed by atoms with Crippen LogP contribution in [0.4, 0.5) is 0 Å². The lowest BCUT2D eigenvalue weighted by molar-refractivity contribution is -0.301. The summed E-state index contributed by atoms with van der Waals surface area (Å²) in [6.45, 7) is 5.48. The Labute approximate surface area is 500 Å². The van der Waals surface area contributed by atoms with Gasteiger partial charge in [0, 0.05) is 12.8 Å². The number of carboxylic acids is 1. The first-order valence-corrected chi connectivity index (χ1v) is 30.8. The molecule has 0 aliphatic carbocycles. The number of aliphatic hydroxyl groups is 2. The van der Waals surface area contributed by atoms with Crippen LogP contribution in [0.3, 0.4) is 0 Å². The van der Waals surface area contributed by atoms with Gasteiger partial charge in [-0.1, -0.05) is 229 Å². The summed E-state index contributed by atoms with van der Waals surface area (Å²) in [6, 6.07) is 0. The highest BCUT2D eigenvalue weighted by Gasteiger charge is 2.50. The van der Waals surface area contributed by atoms with E-state index in [1.165, 1.54) is 0 Å². The van der Waals surface area contributed by atoms with Crippen molar-refractivity contribution < 1.29 is 58.2 Å². The monoisotopic (exact) mass is 1150 g/mol. The highest BCUT2D eigenvalue weighted by Crippen LogP contribution is 2.26. The average molecular weight is 1150 g/mol. The molecule has 0 bridgehead atoms. The lowest BCUT2D eigenvalue weighted by Crippen LogP contribution is -2.61. The van der Waals surface area contributed by atoms with Gasteiger partial charge in [0.15, 0.2) is 24.6 Å². The van der Waals surface area contributed by atoms with Crippen LogP contribution in [-0.2, 0) is 42.9 Å². The summed E-state index contributed by atoms with van der Waals surface area (Å²) in [4.78, 5) is 51.2. The second kappa shape index (κ2) is 56.3. The number of allylic oxidation sites excluding steroid dienone is 29. The molecule has 0 saturated carbocycles. The molecular weight excluding hydrogens is 1040 g/mol. The maximum atomic E-state index is 13.1. The fourth-order valence-corrected chi connectivity index (χ4v) is 7.93. The van der Waals surface area contributed by atoms with E-state index in [0.717, 1.165) is 122 Å². The Kier molecular flexibility index (Phi) is 50.8. The number of aliphatic hydroxyl groups excluding tert-OH is 2. The minimum atomic E-state index is -1.94. The molecule has 12 nitrogen and oxygen atoms in total. The predicted molar refractivity (Wildman–Crippen MR) is 339 cm³/mol. The molecule has 1 rings (SSSR count). The molecule has 0 amide bonds. The summed E-state index contributed by atoms with van der Waals surface area (Å²) in [5.74, 6) is -3.46. The number of ether oxygens (including phenoxy) is 5. The summed E-state index contributed by atoms with van der Waals surface area (Å²) in [5, 5.41) is 31.5.